The Morgan fingerprint density at radius 1 is 1.03 bits per heavy atom. The van der Waals surface area contributed by atoms with E-state index >= 15 is 0 Å². The van der Waals surface area contributed by atoms with Crippen LogP contribution < -0.4 is 10.1 Å². The van der Waals surface area contributed by atoms with Gasteiger partial charge in [-0.05, 0) is 42.0 Å². The van der Waals surface area contributed by atoms with E-state index in [4.69, 9.17) is 4.74 Å². The molecule has 0 unspecified atom stereocenters. The first-order valence-electron chi connectivity index (χ1n) is 10.2. The van der Waals surface area contributed by atoms with Gasteiger partial charge in [0.05, 0.1) is 24.6 Å². The molecule has 0 spiro atoms. The quantitative estimate of drug-likeness (QED) is 0.349. The second-order valence-corrected chi connectivity index (χ2v) is 7.45. The van der Waals surface area contributed by atoms with Gasteiger partial charge >= 0.3 is 6.18 Å². The Morgan fingerprint density at radius 2 is 1.79 bits per heavy atom. The molecule has 0 aliphatic rings. The predicted molar refractivity (Wildman–Crippen MR) is 119 cm³/mol. The number of carbonyl (C=O) groups is 1. The van der Waals surface area contributed by atoms with Crippen molar-refractivity contribution in [3.63, 3.8) is 0 Å². The molecule has 1 amide bonds. The second kappa shape index (κ2) is 9.38. The molecule has 34 heavy (non-hydrogen) atoms. The van der Waals surface area contributed by atoms with Crippen molar-refractivity contribution in [3.05, 3.63) is 95.4 Å². The van der Waals surface area contributed by atoms with E-state index in [2.05, 4.69) is 15.3 Å². The molecule has 0 bridgehead atoms. The number of halogens is 4. The van der Waals surface area contributed by atoms with Crippen molar-refractivity contribution in [1.29, 1.82) is 0 Å². The van der Waals surface area contributed by atoms with Gasteiger partial charge in [-0.3, -0.25) is 4.79 Å². The minimum absolute atomic E-state index is 0.0643. The van der Waals surface area contributed by atoms with Gasteiger partial charge in [-0.15, -0.1) is 0 Å². The minimum Gasteiger partial charge on any atom is -0.497 e. The highest BCUT2D eigenvalue weighted by atomic mass is 19.4. The number of aromatic amines is 1. The van der Waals surface area contributed by atoms with E-state index in [0.717, 1.165) is 28.6 Å². The molecule has 1 aromatic heterocycles. The van der Waals surface area contributed by atoms with Crippen molar-refractivity contribution in [1.82, 2.24) is 15.3 Å². The lowest BCUT2D eigenvalue weighted by Gasteiger charge is -2.11. The molecule has 2 N–H and O–H groups in total. The zero-order valence-corrected chi connectivity index (χ0v) is 17.9. The Kier molecular flexibility index (Phi) is 6.36. The molecule has 0 aliphatic carbocycles. The summed E-state index contributed by atoms with van der Waals surface area (Å²) in [6, 6.07) is 16.9. The summed E-state index contributed by atoms with van der Waals surface area (Å²) in [7, 11) is 1.59. The van der Waals surface area contributed by atoms with E-state index in [1.54, 1.807) is 31.5 Å². The van der Waals surface area contributed by atoms with E-state index in [-0.39, 0.29) is 12.1 Å². The largest absolute Gasteiger partial charge is 0.497 e. The standard InChI is InChI=1S/C25H19F4N3O2/c1-34-19-7-3-5-16(11-19)22-14-30-23(32-22)17-6-2-4-15(10-17)13-31-24(33)18-8-9-21(26)20(12-18)25(27,28)29/h2-12,14H,13H2,1H3,(H,30,32)(H,31,33). The fourth-order valence-electron chi connectivity index (χ4n) is 3.40. The summed E-state index contributed by atoms with van der Waals surface area (Å²) in [5, 5.41) is 2.56. The van der Waals surface area contributed by atoms with Crippen molar-refractivity contribution in [3.8, 4) is 28.4 Å². The molecule has 0 aliphatic heterocycles. The molecular formula is C25H19F4N3O2. The monoisotopic (exact) mass is 469 g/mol. The van der Waals surface area contributed by atoms with Crippen molar-refractivity contribution in [2.45, 2.75) is 12.7 Å². The van der Waals surface area contributed by atoms with Crippen LogP contribution in [0.3, 0.4) is 0 Å². The Morgan fingerprint density at radius 3 is 2.56 bits per heavy atom. The Labute approximate surface area is 192 Å². The van der Waals surface area contributed by atoms with Gasteiger partial charge in [0.1, 0.15) is 17.4 Å². The minimum atomic E-state index is -4.89. The summed E-state index contributed by atoms with van der Waals surface area (Å²) in [4.78, 5) is 20.0. The number of aromatic nitrogens is 2. The first-order valence-corrected chi connectivity index (χ1v) is 10.2. The van der Waals surface area contributed by atoms with Crippen LogP contribution in [0.1, 0.15) is 21.5 Å². The van der Waals surface area contributed by atoms with Crippen molar-refractivity contribution in [2.24, 2.45) is 0 Å². The summed E-state index contributed by atoms with van der Waals surface area (Å²) < 4.78 is 57.4. The van der Waals surface area contributed by atoms with Gasteiger partial charge in [0.2, 0.25) is 0 Å². The van der Waals surface area contributed by atoms with Crippen LogP contribution in [0.15, 0.2) is 72.9 Å². The van der Waals surface area contributed by atoms with Gasteiger partial charge in [0, 0.05) is 23.2 Å². The second-order valence-electron chi connectivity index (χ2n) is 7.45. The lowest BCUT2D eigenvalue weighted by molar-refractivity contribution is -0.140. The first-order chi connectivity index (χ1) is 16.2. The zero-order valence-electron chi connectivity index (χ0n) is 17.9. The number of nitrogens with one attached hydrogen (secondary N) is 2. The summed E-state index contributed by atoms with van der Waals surface area (Å²) in [5.41, 5.74) is 1.42. The van der Waals surface area contributed by atoms with Crippen LogP contribution in [-0.4, -0.2) is 23.0 Å². The Bertz CT molecular complexity index is 1330. The van der Waals surface area contributed by atoms with Crippen LogP contribution in [0, 0.1) is 5.82 Å². The van der Waals surface area contributed by atoms with Crippen LogP contribution in [0.4, 0.5) is 17.6 Å². The number of ether oxygens (including phenoxy) is 1. The molecule has 0 saturated heterocycles. The molecule has 0 atom stereocenters. The van der Waals surface area contributed by atoms with Gasteiger partial charge < -0.3 is 15.0 Å². The summed E-state index contributed by atoms with van der Waals surface area (Å²) in [5.74, 6) is -0.841. The highest BCUT2D eigenvalue weighted by Crippen LogP contribution is 2.32. The van der Waals surface area contributed by atoms with Crippen molar-refractivity contribution >= 4 is 5.91 Å². The van der Waals surface area contributed by atoms with Gasteiger partial charge in [-0.25, -0.2) is 9.37 Å². The summed E-state index contributed by atoms with van der Waals surface area (Å²) in [6.07, 6.45) is -3.19. The molecule has 4 aromatic rings. The summed E-state index contributed by atoms with van der Waals surface area (Å²) in [6.45, 7) is 0.0643. The maximum absolute atomic E-state index is 13.5. The number of H-pyrrole nitrogens is 1. The van der Waals surface area contributed by atoms with Crippen molar-refractivity contribution < 1.29 is 27.1 Å². The molecule has 4 rings (SSSR count). The molecule has 1 heterocycles. The highest BCUT2D eigenvalue weighted by molar-refractivity contribution is 5.94. The van der Waals surface area contributed by atoms with Gasteiger partial charge in [0.15, 0.2) is 0 Å². The zero-order chi connectivity index (χ0) is 24.3. The fourth-order valence-corrected chi connectivity index (χ4v) is 3.40. The fraction of sp³-hybridized carbons (Fsp3) is 0.120. The maximum atomic E-state index is 13.5. The molecule has 5 nitrogen and oxygen atoms in total. The van der Waals surface area contributed by atoms with Crippen molar-refractivity contribution in [2.75, 3.05) is 7.11 Å². The number of alkyl halides is 3. The van der Waals surface area contributed by atoms with Gasteiger partial charge in [0.25, 0.3) is 5.91 Å². The first kappa shape index (κ1) is 23.0. The molecule has 174 valence electrons. The van der Waals surface area contributed by atoms with E-state index < -0.39 is 23.5 Å². The predicted octanol–water partition coefficient (Wildman–Crippen LogP) is 5.84. The van der Waals surface area contributed by atoms with E-state index in [0.29, 0.717) is 23.5 Å². The van der Waals surface area contributed by atoms with Crippen LogP contribution >= 0.6 is 0 Å². The van der Waals surface area contributed by atoms with E-state index in [1.165, 1.54) is 0 Å². The van der Waals surface area contributed by atoms with E-state index in [1.807, 2.05) is 30.3 Å². The number of hydrogen-bond donors (Lipinski definition) is 2. The third kappa shape index (κ3) is 5.09. The Balaban J connectivity index is 1.48. The summed E-state index contributed by atoms with van der Waals surface area (Å²) >= 11 is 0. The van der Waals surface area contributed by atoms with Gasteiger partial charge in [-0.2, -0.15) is 13.2 Å². The average molecular weight is 469 g/mol. The lowest BCUT2D eigenvalue weighted by atomic mass is 10.1. The third-order valence-corrected chi connectivity index (χ3v) is 5.14. The number of imidazole rings is 1. The van der Waals surface area contributed by atoms with Crippen LogP contribution in [0.25, 0.3) is 22.6 Å². The number of nitrogens with zero attached hydrogens (tertiary/aromatic N) is 1. The highest BCUT2D eigenvalue weighted by Gasteiger charge is 2.34. The SMILES string of the molecule is COc1cccc(-c2cnc(-c3cccc(CNC(=O)c4ccc(F)c(C(F)(F)F)c4)c3)[nH]2)c1. The topological polar surface area (TPSA) is 67.0 Å². The Hall–Kier alpha value is -4.14. The lowest BCUT2D eigenvalue weighted by Crippen LogP contribution is -2.23. The average Bonchev–Trinajstić information content (AvgIpc) is 3.33. The molecule has 0 radical (unpaired) electrons. The van der Waals surface area contributed by atoms with Crippen LogP contribution in [-0.2, 0) is 12.7 Å². The molecular weight excluding hydrogens is 450 g/mol. The van der Waals surface area contributed by atoms with E-state index in [9.17, 15) is 22.4 Å². The van der Waals surface area contributed by atoms with Crippen LogP contribution in [0.5, 0.6) is 5.75 Å². The number of carbonyl (C=O) groups excluding carboxylic acids is 1. The van der Waals surface area contributed by atoms with Gasteiger partial charge in [-0.1, -0.05) is 30.3 Å². The molecule has 0 saturated carbocycles. The third-order valence-electron chi connectivity index (χ3n) is 5.14. The number of rotatable bonds is 6. The normalized spacial score (nSPS) is 11.3. The molecule has 9 heteroatoms. The number of benzene rings is 3. The smallest absolute Gasteiger partial charge is 0.419 e. The van der Waals surface area contributed by atoms with Crippen LogP contribution in [0.2, 0.25) is 0 Å². The number of methoxy groups -OCH3 is 1. The molecule has 0 fully saturated rings. The number of amides is 1. The maximum Gasteiger partial charge on any atom is 0.419 e. The molecule has 3 aromatic carbocycles. The number of hydrogen-bond acceptors (Lipinski definition) is 3.